The van der Waals surface area contributed by atoms with Gasteiger partial charge in [-0.15, -0.1) is 0 Å². The lowest BCUT2D eigenvalue weighted by atomic mass is 10.5. The van der Waals surface area contributed by atoms with Gasteiger partial charge in [0.25, 0.3) is 5.91 Å². The zero-order chi connectivity index (χ0) is 6.69. The van der Waals surface area contributed by atoms with Crippen LogP contribution in [0.25, 0.3) is 0 Å². The number of hydrogen-bond acceptors (Lipinski definition) is 3. The quantitative estimate of drug-likeness (QED) is 0.586. The molecule has 0 unspecified atom stereocenters. The molecule has 4 heteroatoms. The lowest BCUT2D eigenvalue weighted by Gasteiger charge is -2.00. The van der Waals surface area contributed by atoms with Crippen molar-refractivity contribution < 1.29 is 4.79 Å². The molecule has 0 bridgehead atoms. The number of nitrogens with two attached hydrogens (primary N) is 1. The van der Waals surface area contributed by atoms with Gasteiger partial charge < -0.3 is 5.73 Å². The predicted octanol–water partition coefficient (Wildman–Crippen LogP) is 1.26. The second-order valence-corrected chi connectivity index (χ2v) is 3.55. The summed E-state index contributed by atoms with van der Waals surface area (Å²) in [5, 5.41) is 1.90. The summed E-state index contributed by atoms with van der Waals surface area (Å²) < 4.78 is 0. The summed E-state index contributed by atoms with van der Waals surface area (Å²) in [4.78, 5) is 11.1. The minimum Gasteiger partial charge on any atom is -0.365 e. The number of primary amides is 1. The van der Waals surface area contributed by atoms with Crippen molar-refractivity contribution in [3.63, 3.8) is 0 Å². The summed E-state index contributed by atoms with van der Waals surface area (Å²) in [6.07, 6.45) is 3.52. The Bertz CT molecular complexity index is 185. The van der Waals surface area contributed by atoms with E-state index in [0.717, 1.165) is 0 Å². The van der Waals surface area contributed by atoms with Gasteiger partial charge in [-0.05, 0) is 22.3 Å². The first kappa shape index (κ1) is 6.77. The molecule has 0 saturated carbocycles. The second kappa shape index (κ2) is 2.98. The zero-order valence-electron chi connectivity index (χ0n) is 4.53. The number of hydrogen-bond donors (Lipinski definition) is 1. The number of rotatable bonds is 1. The van der Waals surface area contributed by atoms with Gasteiger partial charge in [-0.25, -0.2) is 0 Å². The van der Waals surface area contributed by atoms with E-state index in [2.05, 4.69) is 0 Å². The average Bonchev–Trinajstić information content (AvgIpc) is 1.90. The molecule has 2 N–H and O–H groups in total. The molecule has 1 rings (SSSR count). The van der Waals surface area contributed by atoms with Crippen LogP contribution in [-0.2, 0) is 4.79 Å². The Morgan fingerprint density at radius 2 is 2.44 bits per heavy atom. The Labute approximate surface area is 61.0 Å². The van der Waals surface area contributed by atoms with E-state index in [1.54, 1.807) is 12.2 Å². The number of amides is 1. The predicted molar refractivity (Wildman–Crippen MR) is 41.6 cm³/mol. The van der Waals surface area contributed by atoms with Crippen LogP contribution in [0.5, 0.6) is 0 Å². The summed E-state index contributed by atoms with van der Waals surface area (Å²) in [6, 6.07) is 0. The minimum absolute atomic E-state index is 0.350. The fourth-order valence-corrected chi connectivity index (χ4v) is 1.99. The maximum absolute atomic E-state index is 10.4. The first-order chi connectivity index (χ1) is 4.30. The number of carbonyl (C=O) groups excluding carboxylic acids is 1. The summed E-state index contributed by atoms with van der Waals surface area (Å²) in [5.41, 5.74) is 4.99. The molecule has 1 aliphatic heterocycles. The molecule has 1 aliphatic rings. The average molecular weight is 159 g/mol. The van der Waals surface area contributed by atoms with Crippen LogP contribution in [0.15, 0.2) is 22.5 Å². The third-order valence-corrected chi connectivity index (χ3v) is 2.80. The largest absolute Gasteiger partial charge is 0.365 e. The van der Waals surface area contributed by atoms with Gasteiger partial charge in [0.2, 0.25) is 0 Å². The van der Waals surface area contributed by atoms with Gasteiger partial charge in [-0.3, -0.25) is 4.79 Å². The standard InChI is InChI=1S/C5H5NOS2/c6-5(7)4-2-1-3-8-9-4/h1-3H,(H2,6,7). The lowest BCUT2D eigenvalue weighted by Crippen LogP contribution is -2.11. The van der Waals surface area contributed by atoms with E-state index >= 15 is 0 Å². The molecule has 0 spiro atoms. The molecule has 48 valence electrons. The van der Waals surface area contributed by atoms with Crippen LogP contribution in [0.3, 0.4) is 0 Å². The SMILES string of the molecule is NC(=O)C1=CC=CSS1. The normalized spacial score (nSPS) is 17.1. The molecule has 0 aromatic heterocycles. The van der Waals surface area contributed by atoms with Gasteiger partial charge in [0.05, 0.1) is 4.91 Å². The van der Waals surface area contributed by atoms with Gasteiger partial charge >= 0.3 is 0 Å². The molecule has 0 aromatic carbocycles. The van der Waals surface area contributed by atoms with Gasteiger partial charge in [0.1, 0.15) is 0 Å². The first-order valence-electron chi connectivity index (χ1n) is 2.30. The highest BCUT2D eigenvalue weighted by Crippen LogP contribution is 2.33. The van der Waals surface area contributed by atoms with Gasteiger partial charge in [-0.2, -0.15) is 0 Å². The first-order valence-corrected chi connectivity index (χ1v) is 4.52. The van der Waals surface area contributed by atoms with Crippen molar-refractivity contribution in [2.45, 2.75) is 0 Å². The number of allylic oxidation sites excluding steroid dienone is 2. The van der Waals surface area contributed by atoms with Crippen molar-refractivity contribution in [2.75, 3.05) is 0 Å². The monoisotopic (exact) mass is 159 g/mol. The molecule has 2 nitrogen and oxygen atoms in total. The van der Waals surface area contributed by atoms with E-state index in [9.17, 15) is 4.79 Å². The molecule has 1 heterocycles. The maximum atomic E-state index is 10.4. The summed E-state index contributed by atoms with van der Waals surface area (Å²) in [6.45, 7) is 0. The molecule has 1 amide bonds. The molecule has 0 saturated heterocycles. The van der Waals surface area contributed by atoms with Crippen LogP contribution in [0.2, 0.25) is 0 Å². The zero-order valence-corrected chi connectivity index (χ0v) is 6.17. The highest BCUT2D eigenvalue weighted by Gasteiger charge is 2.05. The third-order valence-electron chi connectivity index (χ3n) is 0.762. The van der Waals surface area contributed by atoms with Crippen LogP contribution in [0.1, 0.15) is 0 Å². The Morgan fingerprint density at radius 3 is 2.78 bits per heavy atom. The fourth-order valence-electron chi connectivity index (χ4n) is 0.389. The van der Waals surface area contributed by atoms with Crippen LogP contribution in [0.4, 0.5) is 0 Å². The van der Waals surface area contributed by atoms with Crippen LogP contribution in [-0.4, -0.2) is 5.91 Å². The van der Waals surface area contributed by atoms with Crippen LogP contribution < -0.4 is 5.73 Å². The molecule has 0 aliphatic carbocycles. The lowest BCUT2D eigenvalue weighted by molar-refractivity contribution is -0.113. The Morgan fingerprint density at radius 1 is 1.67 bits per heavy atom. The summed E-state index contributed by atoms with van der Waals surface area (Å²) >= 11 is 0. The Hall–Kier alpha value is -0.350. The van der Waals surface area contributed by atoms with Gasteiger partial charge in [0.15, 0.2) is 0 Å². The highest BCUT2D eigenvalue weighted by molar-refractivity contribution is 8.79. The van der Waals surface area contributed by atoms with Crippen LogP contribution >= 0.6 is 21.6 Å². The molecule has 0 fully saturated rings. The van der Waals surface area contributed by atoms with E-state index in [-0.39, 0.29) is 5.91 Å². The Kier molecular flexibility index (Phi) is 2.24. The van der Waals surface area contributed by atoms with E-state index in [1.807, 2.05) is 5.41 Å². The van der Waals surface area contributed by atoms with Crippen molar-refractivity contribution in [2.24, 2.45) is 5.73 Å². The summed E-state index contributed by atoms with van der Waals surface area (Å²) in [5.74, 6) is -0.350. The van der Waals surface area contributed by atoms with Gasteiger partial charge in [-0.1, -0.05) is 16.9 Å². The van der Waals surface area contributed by atoms with E-state index in [0.29, 0.717) is 4.91 Å². The maximum Gasteiger partial charge on any atom is 0.255 e. The second-order valence-electron chi connectivity index (χ2n) is 1.40. The van der Waals surface area contributed by atoms with Crippen molar-refractivity contribution in [3.05, 3.63) is 22.5 Å². The van der Waals surface area contributed by atoms with E-state index in [1.165, 1.54) is 21.6 Å². The molecule has 9 heavy (non-hydrogen) atoms. The molecular weight excluding hydrogens is 154 g/mol. The minimum atomic E-state index is -0.350. The van der Waals surface area contributed by atoms with Crippen LogP contribution in [0, 0.1) is 0 Å². The van der Waals surface area contributed by atoms with E-state index < -0.39 is 0 Å². The Balaban J connectivity index is 2.68. The molecule has 0 atom stereocenters. The number of carbonyl (C=O) groups is 1. The van der Waals surface area contributed by atoms with E-state index in [4.69, 9.17) is 5.73 Å². The molecule has 0 radical (unpaired) electrons. The van der Waals surface area contributed by atoms with Crippen molar-refractivity contribution >= 4 is 27.5 Å². The fraction of sp³-hybridized carbons (Fsp3) is 0. The van der Waals surface area contributed by atoms with Crippen molar-refractivity contribution in [3.8, 4) is 0 Å². The van der Waals surface area contributed by atoms with Gasteiger partial charge in [0, 0.05) is 0 Å². The highest BCUT2D eigenvalue weighted by atomic mass is 33.1. The van der Waals surface area contributed by atoms with Crippen molar-refractivity contribution in [1.82, 2.24) is 0 Å². The van der Waals surface area contributed by atoms with Crippen molar-refractivity contribution in [1.29, 1.82) is 0 Å². The topological polar surface area (TPSA) is 43.1 Å². The molecular formula is C5H5NOS2. The summed E-state index contributed by atoms with van der Waals surface area (Å²) in [7, 11) is 2.89. The third kappa shape index (κ3) is 1.80. The smallest absolute Gasteiger partial charge is 0.255 e. The molecule has 0 aromatic rings.